The van der Waals surface area contributed by atoms with Crippen molar-refractivity contribution in [2.45, 2.75) is 66.2 Å². The van der Waals surface area contributed by atoms with Gasteiger partial charge in [0.15, 0.2) is 0 Å². The fraction of sp³-hybridized carbons (Fsp3) is 0.588. The Morgan fingerprint density at radius 1 is 1.00 bits per heavy atom. The van der Waals surface area contributed by atoms with Crippen LogP contribution in [0.15, 0.2) is 6.07 Å². The summed E-state index contributed by atoms with van der Waals surface area (Å²) in [6, 6.07) is 1.89. The number of carbonyl (C=O) groups is 1. The highest BCUT2D eigenvalue weighted by Gasteiger charge is 2.17. The molecule has 0 bridgehead atoms. The molecule has 0 saturated carbocycles. The summed E-state index contributed by atoms with van der Waals surface area (Å²) in [5.74, 6) is 0.528. The lowest BCUT2D eigenvalue weighted by atomic mass is 9.88. The number of carboxylic acid groups (broad SMARTS) is 1. The largest absolute Gasteiger partial charge is 0.511 e. The van der Waals surface area contributed by atoms with Crippen LogP contribution in [0.1, 0.15) is 62.3 Å². The van der Waals surface area contributed by atoms with E-state index in [0.29, 0.717) is 5.75 Å². The third-order valence-corrected chi connectivity index (χ3v) is 3.55. The zero-order chi connectivity index (χ0) is 15.1. The Kier molecular flexibility index (Phi) is 6.56. The number of aryl methyl sites for hydroxylation is 1. The van der Waals surface area contributed by atoms with Crippen molar-refractivity contribution in [3.63, 3.8) is 0 Å². The van der Waals surface area contributed by atoms with Crippen molar-refractivity contribution in [3.05, 3.63) is 28.3 Å². The zero-order valence-electron chi connectivity index (χ0n) is 13.1. The quantitative estimate of drug-likeness (QED) is 0.569. The van der Waals surface area contributed by atoms with Gasteiger partial charge >= 0.3 is 6.16 Å². The van der Waals surface area contributed by atoms with Gasteiger partial charge in [-0.1, -0.05) is 40.0 Å². The molecule has 0 atom stereocenters. The molecular formula is C17H26O3. The molecule has 1 aromatic carbocycles. The van der Waals surface area contributed by atoms with Crippen molar-refractivity contribution in [1.82, 2.24) is 0 Å². The summed E-state index contributed by atoms with van der Waals surface area (Å²) in [5.41, 5.74) is 4.93. The molecule has 3 heteroatoms. The molecule has 0 fully saturated rings. The summed E-state index contributed by atoms with van der Waals surface area (Å²) in [6.45, 7) is 8.50. The number of benzene rings is 1. The molecule has 0 aliphatic rings. The van der Waals surface area contributed by atoms with Gasteiger partial charge in [0, 0.05) is 0 Å². The van der Waals surface area contributed by atoms with Crippen molar-refractivity contribution >= 4 is 6.16 Å². The fourth-order valence-corrected chi connectivity index (χ4v) is 2.80. The molecule has 1 N–H and O–H groups in total. The lowest BCUT2D eigenvalue weighted by Gasteiger charge is -2.20. The second-order valence-corrected chi connectivity index (χ2v) is 5.25. The van der Waals surface area contributed by atoms with E-state index >= 15 is 0 Å². The van der Waals surface area contributed by atoms with Gasteiger partial charge in [-0.15, -0.1) is 0 Å². The second kappa shape index (κ2) is 7.93. The first-order valence-electron chi connectivity index (χ1n) is 7.60. The van der Waals surface area contributed by atoms with Gasteiger partial charge in [0.2, 0.25) is 0 Å². The third kappa shape index (κ3) is 3.99. The Morgan fingerprint density at radius 2 is 1.50 bits per heavy atom. The van der Waals surface area contributed by atoms with Crippen molar-refractivity contribution in [2.24, 2.45) is 0 Å². The van der Waals surface area contributed by atoms with Crippen molar-refractivity contribution in [1.29, 1.82) is 0 Å². The maximum Gasteiger partial charge on any atom is 0.511 e. The van der Waals surface area contributed by atoms with Crippen LogP contribution in [-0.2, 0) is 19.3 Å². The summed E-state index contributed by atoms with van der Waals surface area (Å²) in [6.07, 6.45) is 4.82. The topological polar surface area (TPSA) is 46.5 Å². The zero-order valence-corrected chi connectivity index (χ0v) is 13.1. The molecule has 1 rings (SSSR count). The first-order chi connectivity index (χ1) is 9.54. The van der Waals surface area contributed by atoms with Gasteiger partial charge in [-0.25, -0.2) is 4.79 Å². The minimum absolute atomic E-state index is 0.528. The van der Waals surface area contributed by atoms with Gasteiger partial charge in [0.1, 0.15) is 5.75 Å². The lowest BCUT2D eigenvalue weighted by molar-refractivity contribution is 0.144. The van der Waals surface area contributed by atoms with E-state index in [4.69, 9.17) is 9.84 Å². The van der Waals surface area contributed by atoms with E-state index in [1.807, 2.05) is 6.07 Å². The smallest absolute Gasteiger partial charge is 0.449 e. The molecule has 1 aromatic rings. The van der Waals surface area contributed by atoms with Gasteiger partial charge in [-0.3, -0.25) is 0 Å². The Morgan fingerprint density at radius 3 is 2.00 bits per heavy atom. The Balaban J connectivity index is 3.41. The van der Waals surface area contributed by atoms with Crippen LogP contribution in [0.5, 0.6) is 5.75 Å². The van der Waals surface area contributed by atoms with E-state index in [0.717, 1.165) is 49.7 Å². The van der Waals surface area contributed by atoms with E-state index in [2.05, 4.69) is 27.7 Å². The van der Waals surface area contributed by atoms with Gasteiger partial charge in [0.25, 0.3) is 0 Å². The molecule has 0 amide bonds. The second-order valence-electron chi connectivity index (χ2n) is 5.25. The van der Waals surface area contributed by atoms with Crippen molar-refractivity contribution in [3.8, 4) is 5.75 Å². The lowest BCUT2D eigenvalue weighted by Crippen LogP contribution is -2.10. The van der Waals surface area contributed by atoms with E-state index in [1.165, 1.54) is 11.1 Å². The summed E-state index contributed by atoms with van der Waals surface area (Å²) < 4.78 is 5.02. The normalized spacial score (nSPS) is 10.6. The summed E-state index contributed by atoms with van der Waals surface area (Å²) in [7, 11) is 0. The van der Waals surface area contributed by atoms with Crippen LogP contribution in [0.4, 0.5) is 4.79 Å². The molecule has 0 aromatic heterocycles. The number of rotatable bonds is 7. The van der Waals surface area contributed by atoms with E-state index in [-0.39, 0.29) is 0 Å². The summed E-state index contributed by atoms with van der Waals surface area (Å²) in [4.78, 5) is 10.9. The van der Waals surface area contributed by atoms with Crippen LogP contribution in [0.25, 0.3) is 0 Å². The van der Waals surface area contributed by atoms with Crippen LogP contribution in [-0.4, -0.2) is 11.3 Å². The number of hydrogen-bond acceptors (Lipinski definition) is 2. The van der Waals surface area contributed by atoms with E-state index in [9.17, 15) is 4.79 Å². The monoisotopic (exact) mass is 278 g/mol. The molecule has 112 valence electrons. The summed E-state index contributed by atoms with van der Waals surface area (Å²) in [5, 5.41) is 8.92. The van der Waals surface area contributed by atoms with Gasteiger partial charge < -0.3 is 9.84 Å². The predicted octanol–water partition coefficient (Wildman–Crippen LogP) is 4.91. The summed E-state index contributed by atoms with van der Waals surface area (Å²) >= 11 is 0. The minimum Gasteiger partial charge on any atom is -0.449 e. The maximum absolute atomic E-state index is 10.9. The van der Waals surface area contributed by atoms with Gasteiger partial charge in [-0.05, 0) is 54.5 Å². The molecule has 0 radical (unpaired) electrons. The Hall–Kier alpha value is -1.51. The van der Waals surface area contributed by atoms with Crippen LogP contribution in [0.2, 0.25) is 0 Å². The van der Waals surface area contributed by atoms with E-state index in [1.54, 1.807) is 0 Å². The molecular weight excluding hydrogens is 252 g/mol. The van der Waals surface area contributed by atoms with Crippen molar-refractivity contribution < 1.29 is 14.6 Å². The van der Waals surface area contributed by atoms with Crippen LogP contribution in [0.3, 0.4) is 0 Å². The third-order valence-electron chi connectivity index (χ3n) is 3.55. The molecule has 3 nitrogen and oxygen atoms in total. The SMILES string of the molecule is CCCc1c(C)cc(OC(=O)O)c(CCC)c1CCC. The average Bonchev–Trinajstić information content (AvgIpc) is 2.37. The molecule has 0 unspecified atom stereocenters. The number of ether oxygens (including phenoxy) is 1. The standard InChI is InChI=1S/C17H26O3/c1-5-8-13-12(4)11-16(20-17(18)19)15(10-7-3)14(13)9-6-2/h11H,5-10H2,1-4H3,(H,18,19). The number of hydrogen-bond donors (Lipinski definition) is 1. The van der Waals surface area contributed by atoms with Crippen LogP contribution < -0.4 is 4.74 Å². The molecule has 0 aliphatic carbocycles. The van der Waals surface area contributed by atoms with Crippen molar-refractivity contribution in [2.75, 3.05) is 0 Å². The van der Waals surface area contributed by atoms with Gasteiger partial charge in [-0.2, -0.15) is 0 Å². The highest BCUT2D eigenvalue weighted by molar-refractivity contribution is 5.63. The van der Waals surface area contributed by atoms with E-state index < -0.39 is 6.16 Å². The van der Waals surface area contributed by atoms with Crippen LogP contribution in [0, 0.1) is 6.92 Å². The molecule has 0 aliphatic heterocycles. The molecule has 0 spiro atoms. The molecule has 0 saturated heterocycles. The highest BCUT2D eigenvalue weighted by Crippen LogP contribution is 2.32. The maximum atomic E-state index is 10.9. The molecule has 20 heavy (non-hydrogen) atoms. The minimum atomic E-state index is -1.23. The van der Waals surface area contributed by atoms with Gasteiger partial charge in [0.05, 0.1) is 0 Å². The molecule has 0 heterocycles. The Bertz CT molecular complexity index is 464. The fourth-order valence-electron chi connectivity index (χ4n) is 2.80. The predicted molar refractivity (Wildman–Crippen MR) is 81.8 cm³/mol. The highest BCUT2D eigenvalue weighted by atomic mass is 16.7. The average molecular weight is 278 g/mol. The first-order valence-corrected chi connectivity index (χ1v) is 7.60. The van der Waals surface area contributed by atoms with Crippen LogP contribution >= 0.6 is 0 Å². The first kappa shape index (κ1) is 16.5. The Labute approximate surface area is 122 Å².